The summed E-state index contributed by atoms with van der Waals surface area (Å²) in [4.78, 5) is 11.9. The van der Waals surface area contributed by atoms with E-state index in [1.807, 2.05) is 6.92 Å². The van der Waals surface area contributed by atoms with Gasteiger partial charge < -0.3 is 14.2 Å². The molecule has 0 unspecified atom stereocenters. The number of halogens is 2. The number of hydrogen-bond donors (Lipinski definition) is 0. The van der Waals surface area contributed by atoms with E-state index in [4.69, 9.17) is 25.8 Å². The van der Waals surface area contributed by atoms with E-state index in [1.165, 1.54) is 18.2 Å². The molecule has 132 valence electrons. The molecule has 0 aliphatic rings. The zero-order valence-electron chi connectivity index (χ0n) is 13.8. The Morgan fingerprint density at radius 3 is 2.68 bits per heavy atom. The summed E-state index contributed by atoms with van der Waals surface area (Å²) < 4.78 is 29.3. The van der Waals surface area contributed by atoms with Crippen molar-refractivity contribution in [3.8, 4) is 11.5 Å². The fourth-order valence-electron chi connectivity index (χ4n) is 2.03. The van der Waals surface area contributed by atoms with E-state index in [2.05, 4.69) is 6.58 Å². The van der Waals surface area contributed by atoms with Gasteiger partial charge in [-0.3, -0.25) is 0 Å². The molecule has 0 N–H and O–H groups in total. The van der Waals surface area contributed by atoms with Crippen LogP contribution in [-0.4, -0.2) is 19.2 Å². The maximum atomic E-state index is 13.1. The highest BCUT2D eigenvalue weighted by Gasteiger charge is 2.13. The fraction of sp³-hybridized carbons (Fsp3) is 0.211. The summed E-state index contributed by atoms with van der Waals surface area (Å²) in [6.07, 6.45) is 1.49. The average Bonchev–Trinajstić information content (AvgIpc) is 2.60. The van der Waals surface area contributed by atoms with Gasteiger partial charge in [0.25, 0.3) is 0 Å². The standard InChI is InChI=1S/C19H18ClFO4/c1-3-9-24-19(22)13-6-8-17(18(10-13)23-4-2)25-12-14-5-7-15(21)11-16(14)20/h3,5-8,10-11H,1,4,9,12H2,2H3. The largest absolute Gasteiger partial charge is 0.490 e. The number of carbonyl (C=O) groups excluding carboxylic acids is 1. The lowest BCUT2D eigenvalue weighted by molar-refractivity contribution is 0.0549. The van der Waals surface area contributed by atoms with E-state index in [1.54, 1.807) is 24.3 Å². The van der Waals surface area contributed by atoms with Gasteiger partial charge in [0, 0.05) is 5.56 Å². The lowest BCUT2D eigenvalue weighted by Crippen LogP contribution is -2.07. The van der Waals surface area contributed by atoms with Crippen LogP contribution in [0.4, 0.5) is 4.39 Å². The molecule has 0 bridgehead atoms. The van der Waals surface area contributed by atoms with Crippen molar-refractivity contribution in [3.63, 3.8) is 0 Å². The molecule has 0 spiro atoms. The second-order valence-corrected chi connectivity index (χ2v) is 5.41. The molecule has 0 saturated carbocycles. The normalized spacial score (nSPS) is 10.2. The minimum atomic E-state index is -0.478. The highest BCUT2D eigenvalue weighted by atomic mass is 35.5. The van der Waals surface area contributed by atoms with E-state index < -0.39 is 11.8 Å². The predicted octanol–water partition coefficient (Wildman–Crippen LogP) is 4.80. The quantitative estimate of drug-likeness (QED) is 0.498. The molecule has 0 radical (unpaired) electrons. The Labute approximate surface area is 150 Å². The number of carbonyl (C=O) groups is 1. The van der Waals surface area contributed by atoms with Crippen LogP contribution >= 0.6 is 11.6 Å². The van der Waals surface area contributed by atoms with E-state index >= 15 is 0 Å². The van der Waals surface area contributed by atoms with Gasteiger partial charge in [0.2, 0.25) is 0 Å². The molecule has 0 fully saturated rings. The maximum Gasteiger partial charge on any atom is 0.338 e. The Balaban J connectivity index is 2.16. The topological polar surface area (TPSA) is 44.8 Å². The summed E-state index contributed by atoms with van der Waals surface area (Å²) in [6, 6.07) is 8.84. The maximum absolute atomic E-state index is 13.1. The molecule has 0 amide bonds. The molecule has 0 aliphatic heterocycles. The van der Waals surface area contributed by atoms with Crippen molar-refractivity contribution in [2.75, 3.05) is 13.2 Å². The van der Waals surface area contributed by atoms with Crippen LogP contribution in [0.1, 0.15) is 22.8 Å². The molecule has 2 aromatic carbocycles. The van der Waals surface area contributed by atoms with Crippen molar-refractivity contribution in [3.05, 3.63) is 71.0 Å². The first-order chi connectivity index (χ1) is 12.0. The second-order valence-electron chi connectivity index (χ2n) is 5.01. The first-order valence-corrected chi connectivity index (χ1v) is 8.04. The van der Waals surface area contributed by atoms with Gasteiger partial charge in [0.15, 0.2) is 11.5 Å². The molecule has 4 nitrogen and oxygen atoms in total. The molecular formula is C19H18ClFO4. The Kier molecular flexibility index (Phi) is 6.83. The smallest absolute Gasteiger partial charge is 0.338 e. The third-order valence-corrected chi connectivity index (χ3v) is 3.56. The van der Waals surface area contributed by atoms with Gasteiger partial charge >= 0.3 is 5.97 Å². The Hall–Kier alpha value is -2.53. The molecule has 0 aliphatic carbocycles. The molecule has 25 heavy (non-hydrogen) atoms. The van der Waals surface area contributed by atoms with Gasteiger partial charge in [0.1, 0.15) is 19.0 Å². The first-order valence-electron chi connectivity index (χ1n) is 7.66. The van der Waals surface area contributed by atoms with Crippen LogP contribution in [-0.2, 0) is 11.3 Å². The number of esters is 1. The van der Waals surface area contributed by atoms with Gasteiger partial charge in [-0.1, -0.05) is 30.3 Å². The van der Waals surface area contributed by atoms with Crippen LogP contribution in [0.2, 0.25) is 5.02 Å². The molecular weight excluding hydrogens is 347 g/mol. The molecule has 2 aromatic rings. The van der Waals surface area contributed by atoms with Crippen molar-refractivity contribution in [2.24, 2.45) is 0 Å². The Morgan fingerprint density at radius 2 is 2.00 bits per heavy atom. The number of rotatable bonds is 8. The fourth-order valence-corrected chi connectivity index (χ4v) is 2.26. The van der Waals surface area contributed by atoms with Gasteiger partial charge in [-0.05, 0) is 37.3 Å². The Bertz CT molecular complexity index is 761. The summed E-state index contributed by atoms with van der Waals surface area (Å²) in [5.74, 6) is -0.0311. The van der Waals surface area contributed by atoms with E-state index in [0.29, 0.717) is 29.2 Å². The third kappa shape index (κ3) is 5.22. The average molecular weight is 365 g/mol. The summed E-state index contributed by atoms with van der Waals surface area (Å²) in [7, 11) is 0. The summed E-state index contributed by atoms with van der Waals surface area (Å²) in [5.41, 5.74) is 0.984. The minimum absolute atomic E-state index is 0.129. The lowest BCUT2D eigenvalue weighted by atomic mass is 10.2. The van der Waals surface area contributed by atoms with Gasteiger partial charge in [-0.2, -0.15) is 0 Å². The van der Waals surface area contributed by atoms with Crippen molar-refractivity contribution in [1.82, 2.24) is 0 Å². The molecule has 0 heterocycles. The zero-order valence-corrected chi connectivity index (χ0v) is 14.5. The van der Waals surface area contributed by atoms with Crippen LogP contribution in [0, 0.1) is 5.82 Å². The summed E-state index contributed by atoms with van der Waals surface area (Å²) >= 11 is 5.99. The summed E-state index contributed by atoms with van der Waals surface area (Å²) in [5, 5.41) is 0.280. The minimum Gasteiger partial charge on any atom is -0.490 e. The lowest BCUT2D eigenvalue weighted by Gasteiger charge is -2.14. The number of hydrogen-bond acceptors (Lipinski definition) is 4. The van der Waals surface area contributed by atoms with Crippen molar-refractivity contribution >= 4 is 17.6 Å². The van der Waals surface area contributed by atoms with Gasteiger partial charge in [-0.25, -0.2) is 9.18 Å². The van der Waals surface area contributed by atoms with Crippen molar-refractivity contribution in [2.45, 2.75) is 13.5 Å². The van der Waals surface area contributed by atoms with Crippen LogP contribution in [0.25, 0.3) is 0 Å². The molecule has 0 saturated heterocycles. The van der Waals surface area contributed by atoms with Gasteiger partial charge in [-0.15, -0.1) is 0 Å². The molecule has 2 rings (SSSR count). The SMILES string of the molecule is C=CCOC(=O)c1ccc(OCc2ccc(F)cc2Cl)c(OCC)c1. The summed E-state index contributed by atoms with van der Waals surface area (Å²) in [6.45, 7) is 5.99. The highest BCUT2D eigenvalue weighted by molar-refractivity contribution is 6.31. The first kappa shape index (κ1) is 18.8. The molecule has 0 atom stereocenters. The van der Waals surface area contributed by atoms with E-state index in [0.717, 1.165) is 0 Å². The highest BCUT2D eigenvalue weighted by Crippen LogP contribution is 2.30. The van der Waals surface area contributed by atoms with Crippen LogP contribution in [0.3, 0.4) is 0 Å². The van der Waals surface area contributed by atoms with E-state index in [-0.39, 0.29) is 18.2 Å². The molecule has 0 aromatic heterocycles. The van der Waals surface area contributed by atoms with Crippen LogP contribution in [0.5, 0.6) is 11.5 Å². The number of benzene rings is 2. The monoisotopic (exact) mass is 364 g/mol. The Morgan fingerprint density at radius 1 is 1.20 bits per heavy atom. The van der Waals surface area contributed by atoms with Crippen molar-refractivity contribution < 1.29 is 23.4 Å². The molecule has 6 heteroatoms. The second kappa shape index (κ2) is 9.08. The van der Waals surface area contributed by atoms with Crippen LogP contribution in [0.15, 0.2) is 49.1 Å². The number of ether oxygens (including phenoxy) is 3. The predicted molar refractivity (Wildman–Crippen MR) is 93.8 cm³/mol. The third-order valence-electron chi connectivity index (χ3n) is 3.21. The van der Waals surface area contributed by atoms with Crippen molar-refractivity contribution in [1.29, 1.82) is 0 Å². The van der Waals surface area contributed by atoms with Gasteiger partial charge in [0.05, 0.1) is 17.2 Å². The van der Waals surface area contributed by atoms with E-state index in [9.17, 15) is 9.18 Å². The zero-order chi connectivity index (χ0) is 18.2. The van der Waals surface area contributed by atoms with Crippen LogP contribution < -0.4 is 9.47 Å².